The fourth-order valence-corrected chi connectivity index (χ4v) is 2.12. The van der Waals surface area contributed by atoms with E-state index >= 15 is 0 Å². The SMILES string of the molecule is COc1ccc(N)c(Oc2nnc(C)c3ccccc23)c1. The molecule has 0 saturated heterocycles. The van der Waals surface area contributed by atoms with Gasteiger partial charge in [0.1, 0.15) is 5.75 Å². The van der Waals surface area contributed by atoms with Crippen LogP contribution in [-0.4, -0.2) is 17.3 Å². The maximum atomic E-state index is 5.94. The molecule has 3 rings (SSSR count). The lowest BCUT2D eigenvalue weighted by Crippen LogP contribution is -1.98. The van der Waals surface area contributed by atoms with Gasteiger partial charge in [-0.25, -0.2) is 0 Å². The van der Waals surface area contributed by atoms with Crippen molar-refractivity contribution in [2.45, 2.75) is 6.92 Å². The number of hydrogen-bond donors (Lipinski definition) is 1. The molecule has 2 aromatic carbocycles. The van der Waals surface area contributed by atoms with Crippen molar-refractivity contribution in [3.8, 4) is 17.4 Å². The van der Waals surface area contributed by atoms with E-state index in [4.69, 9.17) is 15.2 Å². The zero-order valence-electron chi connectivity index (χ0n) is 11.8. The lowest BCUT2D eigenvalue weighted by molar-refractivity contribution is 0.408. The predicted octanol–water partition coefficient (Wildman–Crippen LogP) is 3.32. The van der Waals surface area contributed by atoms with E-state index < -0.39 is 0 Å². The molecule has 0 amide bonds. The Morgan fingerprint density at radius 3 is 2.52 bits per heavy atom. The first-order valence-electron chi connectivity index (χ1n) is 6.52. The number of ether oxygens (including phenoxy) is 2. The summed E-state index contributed by atoms with van der Waals surface area (Å²) in [5.41, 5.74) is 7.31. The summed E-state index contributed by atoms with van der Waals surface area (Å²) in [5, 5.41) is 10.2. The number of benzene rings is 2. The van der Waals surface area contributed by atoms with E-state index in [1.54, 1.807) is 25.3 Å². The van der Waals surface area contributed by atoms with E-state index in [1.165, 1.54) is 0 Å². The van der Waals surface area contributed by atoms with Crippen molar-refractivity contribution in [3.63, 3.8) is 0 Å². The van der Waals surface area contributed by atoms with E-state index in [0.717, 1.165) is 16.5 Å². The summed E-state index contributed by atoms with van der Waals surface area (Å²) in [6, 6.07) is 13.1. The highest BCUT2D eigenvalue weighted by atomic mass is 16.5. The summed E-state index contributed by atoms with van der Waals surface area (Å²) in [7, 11) is 1.59. The summed E-state index contributed by atoms with van der Waals surface area (Å²) in [6.45, 7) is 1.92. The van der Waals surface area contributed by atoms with Gasteiger partial charge >= 0.3 is 0 Å². The van der Waals surface area contributed by atoms with Crippen LogP contribution in [0, 0.1) is 6.92 Å². The average molecular weight is 281 g/mol. The van der Waals surface area contributed by atoms with Crippen LogP contribution in [0.1, 0.15) is 5.69 Å². The molecule has 5 nitrogen and oxygen atoms in total. The molecule has 0 aliphatic heterocycles. The van der Waals surface area contributed by atoms with Gasteiger partial charge in [-0.15, -0.1) is 5.10 Å². The number of fused-ring (bicyclic) bond motifs is 1. The third-order valence-electron chi connectivity index (χ3n) is 3.27. The first kappa shape index (κ1) is 13.2. The van der Waals surface area contributed by atoms with Gasteiger partial charge in [0.2, 0.25) is 5.88 Å². The lowest BCUT2D eigenvalue weighted by Gasteiger charge is -2.11. The van der Waals surface area contributed by atoms with Crippen LogP contribution in [0.3, 0.4) is 0 Å². The highest BCUT2D eigenvalue weighted by molar-refractivity contribution is 5.88. The maximum absolute atomic E-state index is 5.94. The predicted molar refractivity (Wildman–Crippen MR) is 81.8 cm³/mol. The third-order valence-corrected chi connectivity index (χ3v) is 3.27. The number of anilines is 1. The lowest BCUT2D eigenvalue weighted by atomic mass is 10.1. The van der Waals surface area contributed by atoms with Crippen molar-refractivity contribution in [2.24, 2.45) is 0 Å². The van der Waals surface area contributed by atoms with Gasteiger partial charge in [-0.2, -0.15) is 5.10 Å². The quantitative estimate of drug-likeness (QED) is 0.746. The molecule has 1 aromatic heterocycles. The zero-order valence-corrected chi connectivity index (χ0v) is 11.8. The summed E-state index contributed by atoms with van der Waals surface area (Å²) in [6.07, 6.45) is 0. The van der Waals surface area contributed by atoms with Crippen LogP contribution in [0.2, 0.25) is 0 Å². The molecule has 106 valence electrons. The molecule has 0 radical (unpaired) electrons. The van der Waals surface area contributed by atoms with E-state index in [0.29, 0.717) is 23.1 Å². The Morgan fingerprint density at radius 1 is 1.00 bits per heavy atom. The molecule has 0 unspecified atom stereocenters. The molecular weight excluding hydrogens is 266 g/mol. The normalized spacial score (nSPS) is 10.6. The number of hydrogen-bond acceptors (Lipinski definition) is 5. The van der Waals surface area contributed by atoms with Crippen LogP contribution < -0.4 is 15.2 Å². The third kappa shape index (κ3) is 2.45. The molecule has 2 N–H and O–H groups in total. The highest BCUT2D eigenvalue weighted by Gasteiger charge is 2.11. The zero-order chi connectivity index (χ0) is 14.8. The molecule has 0 atom stereocenters. The second kappa shape index (κ2) is 5.28. The second-order valence-electron chi connectivity index (χ2n) is 4.64. The van der Waals surface area contributed by atoms with E-state index in [2.05, 4.69) is 10.2 Å². The summed E-state index contributed by atoms with van der Waals surface area (Å²) in [4.78, 5) is 0. The Kier molecular flexibility index (Phi) is 3.31. The number of aryl methyl sites for hydroxylation is 1. The Labute approximate surface area is 122 Å². The van der Waals surface area contributed by atoms with Crippen LogP contribution in [0.15, 0.2) is 42.5 Å². The number of aromatic nitrogens is 2. The van der Waals surface area contributed by atoms with E-state index in [-0.39, 0.29) is 0 Å². The Morgan fingerprint density at radius 2 is 1.76 bits per heavy atom. The first-order valence-corrected chi connectivity index (χ1v) is 6.52. The number of nitrogens with two attached hydrogens (primary N) is 1. The average Bonchev–Trinajstić information content (AvgIpc) is 2.52. The van der Waals surface area contributed by atoms with Crippen molar-refractivity contribution in [1.29, 1.82) is 0 Å². The van der Waals surface area contributed by atoms with Crippen LogP contribution in [0.25, 0.3) is 10.8 Å². The smallest absolute Gasteiger partial charge is 0.246 e. The van der Waals surface area contributed by atoms with Gasteiger partial charge < -0.3 is 15.2 Å². The van der Waals surface area contributed by atoms with Crippen LogP contribution in [0.5, 0.6) is 17.4 Å². The van der Waals surface area contributed by atoms with Crippen LogP contribution in [-0.2, 0) is 0 Å². The van der Waals surface area contributed by atoms with Gasteiger partial charge in [-0.3, -0.25) is 0 Å². The molecule has 0 saturated carbocycles. The number of nitrogens with zero attached hydrogens (tertiary/aromatic N) is 2. The van der Waals surface area contributed by atoms with Crippen LogP contribution in [0.4, 0.5) is 5.69 Å². The molecule has 0 bridgehead atoms. The minimum Gasteiger partial charge on any atom is -0.497 e. The molecule has 0 aliphatic carbocycles. The monoisotopic (exact) mass is 281 g/mol. The molecule has 0 aliphatic rings. The van der Waals surface area contributed by atoms with Crippen molar-refractivity contribution in [3.05, 3.63) is 48.2 Å². The summed E-state index contributed by atoms with van der Waals surface area (Å²) >= 11 is 0. The molecule has 1 heterocycles. The molecule has 21 heavy (non-hydrogen) atoms. The largest absolute Gasteiger partial charge is 0.497 e. The Bertz CT molecular complexity index is 803. The van der Waals surface area contributed by atoms with Gasteiger partial charge in [-0.05, 0) is 25.1 Å². The Hall–Kier alpha value is -2.82. The number of rotatable bonds is 3. The minimum absolute atomic E-state index is 0.427. The van der Waals surface area contributed by atoms with Crippen molar-refractivity contribution in [2.75, 3.05) is 12.8 Å². The van der Waals surface area contributed by atoms with Crippen molar-refractivity contribution >= 4 is 16.5 Å². The van der Waals surface area contributed by atoms with Gasteiger partial charge in [0, 0.05) is 16.8 Å². The highest BCUT2D eigenvalue weighted by Crippen LogP contribution is 2.33. The van der Waals surface area contributed by atoms with Crippen LogP contribution >= 0.6 is 0 Å². The Balaban J connectivity index is 2.08. The number of methoxy groups -OCH3 is 1. The minimum atomic E-state index is 0.427. The van der Waals surface area contributed by atoms with Crippen molar-refractivity contribution in [1.82, 2.24) is 10.2 Å². The van der Waals surface area contributed by atoms with Gasteiger partial charge in [0.25, 0.3) is 0 Å². The fraction of sp³-hybridized carbons (Fsp3) is 0.125. The van der Waals surface area contributed by atoms with Gasteiger partial charge in [0.15, 0.2) is 5.75 Å². The van der Waals surface area contributed by atoms with Crippen molar-refractivity contribution < 1.29 is 9.47 Å². The fourth-order valence-electron chi connectivity index (χ4n) is 2.12. The van der Waals surface area contributed by atoms with Gasteiger partial charge in [0.05, 0.1) is 18.5 Å². The molecule has 5 heteroatoms. The van der Waals surface area contributed by atoms with E-state index in [9.17, 15) is 0 Å². The molecule has 0 spiro atoms. The summed E-state index contributed by atoms with van der Waals surface area (Å²) in [5.74, 6) is 1.59. The molecule has 0 fully saturated rings. The molecular formula is C16H15N3O2. The number of nitrogen functional groups attached to an aromatic ring is 1. The standard InChI is InChI=1S/C16H15N3O2/c1-10-12-5-3-4-6-13(12)16(19-18-10)21-15-9-11(20-2)7-8-14(15)17/h3-9H,17H2,1-2H3. The topological polar surface area (TPSA) is 70.3 Å². The van der Waals surface area contributed by atoms with E-state index in [1.807, 2.05) is 31.2 Å². The molecule has 3 aromatic rings. The second-order valence-corrected chi connectivity index (χ2v) is 4.64. The first-order chi connectivity index (χ1) is 10.2. The van der Waals surface area contributed by atoms with Gasteiger partial charge in [-0.1, -0.05) is 18.2 Å². The maximum Gasteiger partial charge on any atom is 0.246 e. The summed E-state index contributed by atoms with van der Waals surface area (Å²) < 4.78 is 11.0.